The van der Waals surface area contributed by atoms with Crippen LogP contribution >= 0.6 is 0 Å². The van der Waals surface area contributed by atoms with Gasteiger partial charge < -0.3 is 4.74 Å². The SMILES string of the molecule is COc1cc(/C=C/c2nc3n(n2)CCC3c2ccccc2C(F)(F)F)cnc1-n1cnc(C)c1. The van der Waals surface area contributed by atoms with Gasteiger partial charge in [0.2, 0.25) is 0 Å². The normalized spacial score (nSPS) is 15.7. The van der Waals surface area contributed by atoms with E-state index in [4.69, 9.17) is 4.74 Å². The quantitative estimate of drug-likeness (QED) is 0.418. The van der Waals surface area contributed by atoms with E-state index in [9.17, 15) is 13.2 Å². The van der Waals surface area contributed by atoms with Crippen LogP contribution in [0.3, 0.4) is 0 Å². The summed E-state index contributed by atoms with van der Waals surface area (Å²) in [6.45, 7) is 2.41. The molecule has 1 aromatic carbocycles. The number of nitrogens with zero attached hydrogens (tertiary/aromatic N) is 6. The van der Waals surface area contributed by atoms with Crippen molar-refractivity contribution in [3.8, 4) is 11.6 Å². The molecule has 3 aromatic heterocycles. The van der Waals surface area contributed by atoms with Gasteiger partial charge >= 0.3 is 6.18 Å². The Morgan fingerprint density at radius 3 is 2.71 bits per heavy atom. The molecule has 4 heterocycles. The molecule has 5 rings (SSSR count). The lowest BCUT2D eigenvalue weighted by molar-refractivity contribution is -0.138. The second-order valence-electron chi connectivity index (χ2n) is 8.03. The number of halogens is 3. The van der Waals surface area contributed by atoms with Crippen LogP contribution < -0.4 is 4.74 Å². The summed E-state index contributed by atoms with van der Waals surface area (Å²) >= 11 is 0. The van der Waals surface area contributed by atoms with Crippen molar-refractivity contribution in [2.45, 2.75) is 32.0 Å². The topological polar surface area (TPSA) is 70.7 Å². The van der Waals surface area contributed by atoms with Crippen molar-refractivity contribution in [2.75, 3.05) is 7.11 Å². The van der Waals surface area contributed by atoms with Gasteiger partial charge in [-0.05, 0) is 48.8 Å². The van der Waals surface area contributed by atoms with Crippen LogP contribution in [0, 0.1) is 6.92 Å². The number of fused-ring (bicyclic) bond motifs is 1. The average molecular weight is 466 g/mol. The number of rotatable bonds is 5. The lowest BCUT2D eigenvalue weighted by Crippen LogP contribution is -2.12. The number of alkyl halides is 3. The zero-order valence-corrected chi connectivity index (χ0v) is 18.5. The van der Waals surface area contributed by atoms with Crippen LogP contribution in [0.5, 0.6) is 5.75 Å². The van der Waals surface area contributed by atoms with Crippen molar-refractivity contribution in [1.82, 2.24) is 29.3 Å². The number of aromatic nitrogens is 6. The van der Waals surface area contributed by atoms with Gasteiger partial charge in [-0.2, -0.15) is 18.3 Å². The molecule has 0 saturated heterocycles. The first-order valence-corrected chi connectivity index (χ1v) is 10.7. The Labute approximate surface area is 193 Å². The minimum atomic E-state index is -4.42. The van der Waals surface area contributed by atoms with E-state index in [0.29, 0.717) is 36.2 Å². The molecule has 0 fully saturated rings. The smallest absolute Gasteiger partial charge is 0.416 e. The average Bonchev–Trinajstić information content (AvgIpc) is 3.52. The summed E-state index contributed by atoms with van der Waals surface area (Å²) in [6, 6.07) is 7.50. The second kappa shape index (κ2) is 8.44. The minimum Gasteiger partial charge on any atom is -0.493 e. The highest BCUT2D eigenvalue weighted by Gasteiger charge is 2.38. The van der Waals surface area contributed by atoms with Crippen LogP contribution in [0.2, 0.25) is 0 Å². The van der Waals surface area contributed by atoms with Crippen molar-refractivity contribution in [2.24, 2.45) is 0 Å². The molecule has 1 atom stereocenters. The molecule has 0 spiro atoms. The first-order chi connectivity index (χ1) is 16.3. The van der Waals surface area contributed by atoms with Crippen molar-refractivity contribution in [3.05, 3.63) is 83.1 Å². The Hall–Kier alpha value is -3.95. The van der Waals surface area contributed by atoms with Crippen molar-refractivity contribution >= 4 is 12.2 Å². The minimum absolute atomic E-state index is 0.232. The number of aryl methyl sites for hydroxylation is 2. The lowest BCUT2D eigenvalue weighted by Gasteiger charge is -2.16. The molecule has 10 heteroatoms. The van der Waals surface area contributed by atoms with E-state index in [1.807, 2.05) is 19.2 Å². The standard InChI is InChI=1S/C24H21F3N6O/c1-15-13-32(14-29-15)23-20(34-2)11-16(12-28-23)7-8-21-30-22-18(9-10-33(22)31-21)17-5-3-4-6-19(17)24(25,26)27/h3-8,11-14,18H,9-10H2,1-2H3/b8-7+. The van der Waals surface area contributed by atoms with Gasteiger partial charge in [-0.25, -0.2) is 19.6 Å². The fourth-order valence-corrected chi connectivity index (χ4v) is 4.19. The molecule has 0 saturated carbocycles. The highest BCUT2D eigenvalue weighted by molar-refractivity contribution is 5.67. The van der Waals surface area contributed by atoms with Gasteiger partial charge in [-0.3, -0.25) is 4.57 Å². The Morgan fingerprint density at radius 2 is 1.97 bits per heavy atom. The van der Waals surface area contributed by atoms with E-state index < -0.39 is 17.7 Å². The third-order valence-corrected chi connectivity index (χ3v) is 5.75. The number of hydrogen-bond acceptors (Lipinski definition) is 5. The molecule has 0 amide bonds. The number of benzene rings is 1. The maximum absolute atomic E-state index is 13.5. The fourth-order valence-electron chi connectivity index (χ4n) is 4.19. The van der Waals surface area contributed by atoms with Gasteiger partial charge in [0.25, 0.3) is 0 Å². The maximum atomic E-state index is 13.5. The molecule has 0 bridgehead atoms. The van der Waals surface area contributed by atoms with E-state index in [0.717, 1.165) is 17.3 Å². The van der Waals surface area contributed by atoms with Gasteiger partial charge in [-0.1, -0.05) is 18.2 Å². The van der Waals surface area contributed by atoms with Crippen molar-refractivity contribution in [1.29, 1.82) is 0 Å². The Morgan fingerprint density at radius 1 is 1.15 bits per heavy atom. The summed E-state index contributed by atoms with van der Waals surface area (Å²) in [4.78, 5) is 13.2. The van der Waals surface area contributed by atoms with Gasteiger partial charge in [0.15, 0.2) is 17.4 Å². The number of methoxy groups -OCH3 is 1. The van der Waals surface area contributed by atoms with E-state index in [-0.39, 0.29) is 5.56 Å². The number of ether oxygens (including phenoxy) is 1. The number of pyridine rings is 1. The fraction of sp³-hybridized carbons (Fsp3) is 0.250. The highest BCUT2D eigenvalue weighted by Crippen LogP contribution is 2.40. The van der Waals surface area contributed by atoms with E-state index in [1.165, 1.54) is 12.1 Å². The first kappa shape index (κ1) is 21.9. The summed E-state index contributed by atoms with van der Waals surface area (Å²) in [5.41, 5.74) is 1.24. The van der Waals surface area contributed by atoms with Gasteiger partial charge in [-0.15, -0.1) is 0 Å². The van der Waals surface area contributed by atoms with Crippen LogP contribution in [0.1, 0.15) is 46.4 Å². The molecule has 7 nitrogen and oxygen atoms in total. The molecule has 0 N–H and O–H groups in total. The third-order valence-electron chi connectivity index (χ3n) is 5.75. The maximum Gasteiger partial charge on any atom is 0.416 e. The van der Waals surface area contributed by atoms with E-state index in [2.05, 4.69) is 20.1 Å². The Kier molecular flexibility index (Phi) is 5.43. The van der Waals surface area contributed by atoms with Crippen LogP contribution in [-0.2, 0) is 12.7 Å². The van der Waals surface area contributed by atoms with Crippen molar-refractivity contribution in [3.63, 3.8) is 0 Å². The molecule has 1 unspecified atom stereocenters. The molecule has 0 aliphatic carbocycles. The zero-order valence-electron chi connectivity index (χ0n) is 18.5. The van der Waals surface area contributed by atoms with Crippen LogP contribution in [0.4, 0.5) is 13.2 Å². The predicted octanol–water partition coefficient (Wildman–Crippen LogP) is 4.90. The summed E-state index contributed by atoms with van der Waals surface area (Å²) in [5, 5.41) is 4.46. The van der Waals surface area contributed by atoms with Crippen molar-refractivity contribution < 1.29 is 17.9 Å². The van der Waals surface area contributed by atoms with Gasteiger partial charge in [0, 0.05) is 24.9 Å². The van der Waals surface area contributed by atoms with Gasteiger partial charge in [0.1, 0.15) is 12.2 Å². The van der Waals surface area contributed by atoms with Crippen LogP contribution in [-0.4, -0.2) is 36.4 Å². The summed E-state index contributed by atoms with van der Waals surface area (Å²) < 4.78 is 49.5. The Bertz CT molecular complexity index is 1370. The lowest BCUT2D eigenvalue weighted by atomic mass is 9.92. The molecule has 174 valence electrons. The third kappa shape index (κ3) is 4.07. The summed E-state index contributed by atoms with van der Waals surface area (Å²) in [7, 11) is 1.57. The number of imidazole rings is 1. The van der Waals surface area contributed by atoms with E-state index >= 15 is 0 Å². The zero-order chi connectivity index (χ0) is 23.9. The molecular formula is C24H21F3N6O. The Balaban J connectivity index is 1.41. The highest BCUT2D eigenvalue weighted by atomic mass is 19.4. The second-order valence-corrected chi connectivity index (χ2v) is 8.03. The molecule has 34 heavy (non-hydrogen) atoms. The monoisotopic (exact) mass is 466 g/mol. The summed E-state index contributed by atoms with van der Waals surface area (Å²) in [5.74, 6) is 1.71. The molecule has 1 aliphatic heterocycles. The summed E-state index contributed by atoms with van der Waals surface area (Å²) in [6.07, 6.45) is 4.83. The molecule has 1 aliphatic rings. The van der Waals surface area contributed by atoms with Crippen LogP contribution in [0.15, 0.2) is 49.1 Å². The van der Waals surface area contributed by atoms with E-state index in [1.54, 1.807) is 47.1 Å². The van der Waals surface area contributed by atoms with Crippen LogP contribution in [0.25, 0.3) is 18.0 Å². The molecule has 4 aromatic rings. The van der Waals surface area contributed by atoms with Gasteiger partial charge in [0.05, 0.1) is 18.4 Å². The molecule has 0 radical (unpaired) electrons. The largest absolute Gasteiger partial charge is 0.493 e. The predicted molar refractivity (Wildman–Crippen MR) is 120 cm³/mol. The first-order valence-electron chi connectivity index (χ1n) is 10.7. The molecular weight excluding hydrogens is 445 g/mol. The number of hydrogen-bond donors (Lipinski definition) is 0.